The van der Waals surface area contributed by atoms with Crippen LogP contribution in [0, 0.1) is 5.92 Å². The van der Waals surface area contributed by atoms with Gasteiger partial charge in [-0.2, -0.15) is 0 Å². The Morgan fingerprint density at radius 1 is 1.35 bits per heavy atom. The Hall–Kier alpha value is -2.28. The van der Waals surface area contributed by atoms with Crippen molar-refractivity contribution in [2.45, 2.75) is 46.2 Å². The van der Waals surface area contributed by atoms with Crippen molar-refractivity contribution in [1.82, 2.24) is 10.3 Å². The van der Waals surface area contributed by atoms with Crippen LogP contribution in [0.15, 0.2) is 23.3 Å². The van der Waals surface area contributed by atoms with Gasteiger partial charge < -0.3 is 21.0 Å². The molecule has 0 unspecified atom stereocenters. The van der Waals surface area contributed by atoms with Crippen molar-refractivity contribution >= 4 is 17.7 Å². The second-order valence-corrected chi connectivity index (χ2v) is 6.30. The summed E-state index contributed by atoms with van der Waals surface area (Å²) in [6, 6.07) is 3.45. The van der Waals surface area contributed by atoms with Crippen LogP contribution in [0.4, 0.5) is 0 Å². The highest BCUT2D eigenvalue weighted by Crippen LogP contribution is 2.26. The average molecular weight is 320 g/mol. The highest BCUT2D eigenvalue weighted by molar-refractivity contribution is 6.17. The van der Waals surface area contributed by atoms with Gasteiger partial charge in [-0.05, 0) is 38.8 Å². The highest BCUT2D eigenvalue weighted by atomic mass is 16.4. The summed E-state index contributed by atoms with van der Waals surface area (Å²) in [6.45, 7) is 9.58. The number of carboxylic acid groups (broad SMARTS) is 1. The molecule has 1 aromatic heterocycles. The average Bonchev–Trinajstić information content (AvgIpc) is 2.75. The monoisotopic (exact) mass is 320 g/mol. The summed E-state index contributed by atoms with van der Waals surface area (Å²) in [7, 11) is 0. The van der Waals surface area contributed by atoms with E-state index in [1.807, 2.05) is 13.8 Å². The zero-order valence-electron chi connectivity index (χ0n) is 14.2. The van der Waals surface area contributed by atoms with Crippen LogP contribution in [0.1, 0.15) is 50.7 Å². The van der Waals surface area contributed by atoms with Gasteiger partial charge in [-0.3, -0.25) is 9.78 Å². The predicted molar refractivity (Wildman–Crippen MR) is 84.5 cm³/mol. The molecule has 1 atom stereocenters. The third-order valence-corrected chi connectivity index (χ3v) is 3.41. The van der Waals surface area contributed by atoms with Crippen LogP contribution in [0.5, 0.6) is 0 Å². The second-order valence-electron chi connectivity index (χ2n) is 6.30. The summed E-state index contributed by atoms with van der Waals surface area (Å²) < 4.78 is 0. The summed E-state index contributed by atoms with van der Waals surface area (Å²) in [5.41, 5.74) is 2.77. The number of rotatable bonds is 3. The number of pyridine rings is 1. The molecule has 2 rings (SSSR count). The summed E-state index contributed by atoms with van der Waals surface area (Å²) in [6.07, 6.45) is 1.45. The molecule has 0 saturated carbocycles. The Morgan fingerprint density at radius 3 is 2.35 bits per heavy atom. The van der Waals surface area contributed by atoms with Crippen LogP contribution >= 0.6 is 0 Å². The van der Waals surface area contributed by atoms with E-state index in [2.05, 4.69) is 34.9 Å². The molecule has 7 nitrogen and oxygen atoms in total. The molecular weight excluding hydrogens is 296 g/mol. The van der Waals surface area contributed by atoms with E-state index in [4.69, 9.17) is 0 Å². The highest BCUT2D eigenvalue weighted by Gasteiger charge is 2.42. The number of carbonyl (C=O) groups is 2. The Kier molecular flexibility index (Phi) is 5.98. The third kappa shape index (κ3) is 4.35. The Bertz CT molecular complexity index is 623. The predicted octanol–water partition coefficient (Wildman–Crippen LogP) is -0.627. The van der Waals surface area contributed by atoms with E-state index in [1.165, 1.54) is 18.3 Å². The number of aromatic nitrogens is 1. The largest absolute Gasteiger partial charge is 0.545 e. The summed E-state index contributed by atoms with van der Waals surface area (Å²) in [5, 5.41) is 13.6. The van der Waals surface area contributed by atoms with E-state index >= 15 is 0 Å². The lowest BCUT2D eigenvalue weighted by Gasteiger charge is -2.21. The molecule has 0 aliphatic carbocycles. The van der Waals surface area contributed by atoms with E-state index in [9.17, 15) is 14.7 Å². The maximum Gasteiger partial charge on any atom is 0.253 e. The number of nitrogens with zero attached hydrogens (tertiary/aromatic N) is 2. The smallest absolute Gasteiger partial charge is 0.253 e. The lowest BCUT2D eigenvalue weighted by molar-refractivity contribution is -0.407. The molecule has 1 aromatic rings. The van der Waals surface area contributed by atoms with Gasteiger partial charge in [0.15, 0.2) is 5.84 Å². The van der Waals surface area contributed by atoms with Crippen molar-refractivity contribution in [3.63, 3.8) is 0 Å². The van der Waals surface area contributed by atoms with E-state index in [1.54, 1.807) is 6.92 Å². The van der Waals surface area contributed by atoms with Crippen molar-refractivity contribution in [2.24, 2.45) is 10.9 Å². The van der Waals surface area contributed by atoms with Gasteiger partial charge >= 0.3 is 0 Å². The zero-order chi connectivity index (χ0) is 17.8. The number of carbonyl (C=O) groups excluding carboxylic acids is 2. The van der Waals surface area contributed by atoms with Gasteiger partial charge in [0.2, 0.25) is 0 Å². The molecular formula is C16H24N4O3. The number of aromatic carboxylic acids is 1. The zero-order valence-corrected chi connectivity index (χ0v) is 14.2. The number of amides is 1. The van der Waals surface area contributed by atoms with E-state index in [0.717, 1.165) is 0 Å². The van der Waals surface area contributed by atoms with Crippen LogP contribution in [0.2, 0.25) is 0 Å². The molecule has 4 N–H and O–H groups in total. The molecule has 126 valence electrons. The van der Waals surface area contributed by atoms with Gasteiger partial charge in [0.25, 0.3) is 5.91 Å². The van der Waals surface area contributed by atoms with Crippen LogP contribution in [-0.2, 0) is 4.79 Å². The SMILES string of the molecule is CC(C)[C@@]1(C)N=C(c2ncccc2C(=O)[O-])NC1=O.CC(C)[NH3+]. The molecule has 0 fully saturated rings. The minimum atomic E-state index is -1.35. The maximum atomic E-state index is 12.0. The first-order valence-electron chi connectivity index (χ1n) is 7.50. The number of carboxylic acids is 1. The molecule has 7 heteroatoms. The topological polar surface area (TPSA) is 122 Å². The molecule has 0 bridgehead atoms. The fourth-order valence-electron chi connectivity index (χ4n) is 1.81. The lowest BCUT2D eigenvalue weighted by atomic mass is 9.89. The molecule has 0 aromatic carbocycles. The third-order valence-electron chi connectivity index (χ3n) is 3.41. The van der Waals surface area contributed by atoms with Gasteiger partial charge in [0.05, 0.1) is 12.0 Å². The van der Waals surface area contributed by atoms with Crippen molar-refractivity contribution in [1.29, 1.82) is 0 Å². The fourth-order valence-corrected chi connectivity index (χ4v) is 1.81. The minimum absolute atomic E-state index is 0.0138. The Labute approximate surface area is 136 Å². The standard InChI is InChI=1S/C13H15N3O3.C3H9N/c1-7(2)13(3)12(19)15-10(16-13)9-8(11(17)18)5-4-6-14-9;1-3(2)4/h4-7H,1-3H3,(H,17,18)(H,15,16,19);3H,4H2,1-2H3/t13-;/m1./s1. The molecule has 1 amide bonds. The number of amidine groups is 1. The fraction of sp³-hybridized carbons (Fsp3) is 0.500. The number of hydrogen-bond acceptors (Lipinski definition) is 5. The molecule has 0 saturated heterocycles. The normalized spacial score (nSPS) is 20.0. The van der Waals surface area contributed by atoms with Crippen LogP contribution in [-0.4, -0.2) is 34.3 Å². The van der Waals surface area contributed by atoms with Crippen molar-refractivity contribution < 1.29 is 20.4 Å². The summed E-state index contributed by atoms with van der Waals surface area (Å²) in [5.74, 6) is -1.44. The number of aliphatic imine (C=N–C) groups is 1. The first-order chi connectivity index (χ1) is 10.6. The first-order valence-corrected chi connectivity index (χ1v) is 7.50. The molecule has 2 heterocycles. The summed E-state index contributed by atoms with van der Waals surface area (Å²) >= 11 is 0. The molecule has 23 heavy (non-hydrogen) atoms. The van der Waals surface area contributed by atoms with E-state index in [0.29, 0.717) is 6.04 Å². The van der Waals surface area contributed by atoms with Gasteiger partial charge in [0, 0.05) is 11.8 Å². The second kappa shape index (κ2) is 7.32. The summed E-state index contributed by atoms with van der Waals surface area (Å²) in [4.78, 5) is 31.3. The number of nitrogens with one attached hydrogen (secondary N) is 1. The first kappa shape index (κ1) is 18.8. The molecule has 1 aliphatic rings. The minimum Gasteiger partial charge on any atom is -0.545 e. The van der Waals surface area contributed by atoms with Crippen molar-refractivity contribution in [2.75, 3.05) is 0 Å². The van der Waals surface area contributed by atoms with Crippen LogP contribution in [0.3, 0.4) is 0 Å². The quantitative estimate of drug-likeness (QED) is 0.770. The van der Waals surface area contributed by atoms with E-state index in [-0.39, 0.29) is 28.9 Å². The number of quaternary nitrogens is 1. The Balaban J connectivity index is 0.000000593. The van der Waals surface area contributed by atoms with Gasteiger partial charge in [0.1, 0.15) is 11.2 Å². The lowest BCUT2D eigenvalue weighted by Crippen LogP contribution is -2.57. The van der Waals surface area contributed by atoms with Crippen LogP contribution < -0.4 is 16.2 Å². The van der Waals surface area contributed by atoms with Crippen LogP contribution in [0.25, 0.3) is 0 Å². The van der Waals surface area contributed by atoms with Gasteiger partial charge in [-0.1, -0.05) is 13.8 Å². The van der Waals surface area contributed by atoms with Gasteiger partial charge in [-0.15, -0.1) is 0 Å². The molecule has 1 aliphatic heterocycles. The van der Waals surface area contributed by atoms with Gasteiger partial charge in [-0.25, -0.2) is 4.99 Å². The molecule has 0 spiro atoms. The number of hydrogen-bond donors (Lipinski definition) is 2. The molecule has 0 radical (unpaired) electrons. The maximum absolute atomic E-state index is 12.0. The van der Waals surface area contributed by atoms with Crippen molar-refractivity contribution in [3.05, 3.63) is 29.6 Å². The van der Waals surface area contributed by atoms with E-state index < -0.39 is 11.5 Å². The Morgan fingerprint density at radius 2 is 1.91 bits per heavy atom. The van der Waals surface area contributed by atoms with Crippen molar-refractivity contribution in [3.8, 4) is 0 Å².